The van der Waals surface area contributed by atoms with E-state index in [9.17, 15) is 9.59 Å². The number of ketones is 1. The third-order valence-electron chi connectivity index (χ3n) is 4.68. The second-order valence-electron chi connectivity index (χ2n) is 6.69. The van der Waals surface area contributed by atoms with E-state index in [1.165, 1.54) is 6.07 Å². The molecule has 0 fully saturated rings. The second kappa shape index (κ2) is 8.75. The van der Waals surface area contributed by atoms with Crippen LogP contribution in [0.5, 0.6) is 23.0 Å². The van der Waals surface area contributed by atoms with Crippen LogP contribution < -0.4 is 18.9 Å². The van der Waals surface area contributed by atoms with Crippen LogP contribution in [-0.4, -0.2) is 25.5 Å². The molecule has 1 aliphatic rings. The smallest absolute Gasteiger partial charge is 0.343 e. The highest BCUT2D eigenvalue weighted by Gasteiger charge is 2.28. The van der Waals surface area contributed by atoms with Gasteiger partial charge in [0.2, 0.25) is 5.78 Å². The molecule has 0 saturated heterocycles. The molecule has 3 aromatic carbocycles. The molecular formula is C25H20O6. The maximum Gasteiger partial charge on any atom is 0.343 e. The lowest BCUT2D eigenvalue weighted by Gasteiger charge is -2.07. The molecule has 0 N–H and O–H groups in total. The van der Waals surface area contributed by atoms with Gasteiger partial charge in [0.1, 0.15) is 23.0 Å². The van der Waals surface area contributed by atoms with Gasteiger partial charge in [-0.3, -0.25) is 4.79 Å². The summed E-state index contributed by atoms with van der Waals surface area (Å²) >= 11 is 0. The molecule has 6 heteroatoms. The Morgan fingerprint density at radius 1 is 1.00 bits per heavy atom. The number of para-hydroxylation sites is 1. The number of hydrogen-bond acceptors (Lipinski definition) is 6. The molecule has 0 unspecified atom stereocenters. The summed E-state index contributed by atoms with van der Waals surface area (Å²) in [6.07, 6.45) is 1.65. The van der Waals surface area contributed by atoms with Gasteiger partial charge in [0.15, 0.2) is 5.76 Å². The SMILES string of the molecule is CCOc1ccccc1C=C1Oc2cc(OC(=O)c3ccc(OC)cc3)ccc2C1=O. The van der Waals surface area contributed by atoms with E-state index in [4.69, 9.17) is 18.9 Å². The summed E-state index contributed by atoms with van der Waals surface area (Å²) in [5.74, 6) is 1.35. The Bertz CT molecular complexity index is 1160. The van der Waals surface area contributed by atoms with Gasteiger partial charge in [0, 0.05) is 11.6 Å². The minimum Gasteiger partial charge on any atom is -0.497 e. The highest BCUT2D eigenvalue weighted by molar-refractivity contribution is 6.14. The van der Waals surface area contributed by atoms with Gasteiger partial charge in [0.05, 0.1) is 24.8 Å². The van der Waals surface area contributed by atoms with Crippen LogP contribution >= 0.6 is 0 Å². The van der Waals surface area contributed by atoms with E-state index >= 15 is 0 Å². The van der Waals surface area contributed by atoms with Crippen LogP contribution in [0.25, 0.3) is 6.08 Å². The number of ether oxygens (including phenoxy) is 4. The Kier molecular flexibility index (Phi) is 5.71. The molecule has 4 rings (SSSR count). The molecule has 0 aliphatic carbocycles. The molecule has 0 atom stereocenters. The molecule has 0 aromatic heterocycles. The second-order valence-corrected chi connectivity index (χ2v) is 6.69. The van der Waals surface area contributed by atoms with Crippen LogP contribution in [-0.2, 0) is 0 Å². The first kappa shape index (κ1) is 20.2. The average Bonchev–Trinajstić information content (AvgIpc) is 3.10. The molecule has 3 aromatic rings. The molecule has 0 bridgehead atoms. The van der Waals surface area contributed by atoms with Crippen molar-refractivity contribution in [2.75, 3.05) is 13.7 Å². The summed E-state index contributed by atoms with van der Waals surface area (Å²) in [4.78, 5) is 25.1. The van der Waals surface area contributed by atoms with Crippen LogP contribution in [0.3, 0.4) is 0 Å². The van der Waals surface area contributed by atoms with Gasteiger partial charge < -0.3 is 18.9 Å². The number of hydrogen-bond donors (Lipinski definition) is 0. The molecule has 156 valence electrons. The van der Waals surface area contributed by atoms with Crippen molar-refractivity contribution in [3.05, 3.63) is 89.2 Å². The first-order valence-corrected chi connectivity index (χ1v) is 9.75. The van der Waals surface area contributed by atoms with Gasteiger partial charge in [-0.2, -0.15) is 0 Å². The third-order valence-corrected chi connectivity index (χ3v) is 4.68. The van der Waals surface area contributed by atoms with Crippen molar-refractivity contribution in [1.82, 2.24) is 0 Å². The quantitative estimate of drug-likeness (QED) is 0.322. The third kappa shape index (κ3) is 4.28. The predicted octanol–water partition coefficient (Wildman–Crippen LogP) is 4.93. The summed E-state index contributed by atoms with van der Waals surface area (Å²) in [7, 11) is 1.55. The minimum absolute atomic E-state index is 0.181. The van der Waals surface area contributed by atoms with Crippen LogP contribution in [0, 0.1) is 0 Å². The van der Waals surface area contributed by atoms with Gasteiger partial charge in [-0.15, -0.1) is 0 Å². The summed E-state index contributed by atoms with van der Waals surface area (Å²) in [5, 5.41) is 0. The first-order chi connectivity index (χ1) is 15.1. The number of esters is 1. The number of fused-ring (bicyclic) bond motifs is 1. The van der Waals surface area contributed by atoms with Gasteiger partial charge in [0.25, 0.3) is 0 Å². The van der Waals surface area contributed by atoms with Crippen LogP contribution in [0.15, 0.2) is 72.5 Å². The van der Waals surface area contributed by atoms with Gasteiger partial charge in [-0.25, -0.2) is 4.79 Å². The fraction of sp³-hybridized carbons (Fsp3) is 0.120. The molecule has 0 spiro atoms. The number of carbonyl (C=O) groups is 2. The van der Waals surface area contributed by atoms with E-state index in [-0.39, 0.29) is 17.3 Å². The first-order valence-electron chi connectivity index (χ1n) is 9.75. The molecule has 1 aliphatic heterocycles. The zero-order chi connectivity index (χ0) is 21.8. The summed E-state index contributed by atoms with van der Waals surface area (Å²) in [6.45, 7) is 2.41. The van der Waals surface area contributed by atoms with Crippen LogP contribution in [0.1, 0.15) is 33.2 Å². The van der Waals surface area contributed by atoms with Gasteiger partial charge >= 0.3 is 5.97 Å². The van der Waals surface area contributed by atoms with Crippen molar-refractivity contribution in [2.45, 2.75) is 6.92 Å². The summed E-state index contributed by atoms with van der Waals surface area (Å²) in [6, 6.07) is 18.7. The fourth-order valence-corrected chi connectivity index (χ4v) is 3.15. The van der Waals surface area contributed by atoms with E-state index in [1.807, 2.05) is 31.2 Å². The summed E-state index contributed by atoms with van der Waals surface area (Å²) in [5.41, 5.74) is 1.53. The zero-order valence-corrected chi connectivity index (χ0v) is 17.1. The van der Waals surface area contributed by atoms with E-state index in [1.54, 1.807) is 49.6 Å². The van der Waals surface area contributed by atoms with Crippen molar-refractivity contribution in [2.24, 2.45) is 0 Å². The number of carbonyl (C=O) groups excluding carboxylic acids is 2. The van der Waals surface area contributed by atoms with Crippen LogP contribution in [0.4, 0.5) is 0 Å². The van der Waals surface area contributed by atoms with Gasteiger partial charge in [-0.1, -0.05) is 18.2 Å². The van der Waals surface area contributed by atoms with Crippen molar-refractivity contribution < 1.29 is 28.5 Å². The monoisotopic (exact) mass is 416 g/mol. The number of Topliss-reactive ketones (excluding diaryl/α,β-unsaturated/α-hetero) is 1. The predicted molar refractivity (Wildman–Crippen MR) is 115 cm³/mol. The fourth-order valence-electron chi connectivity index (χ4n) is 3.15. The van der Waals surface area contributed by atoms with Crippen molar-refractivity contribution in [3.8, 4) is 23.0 Å². The normalized spacial score (nSPS) is 13.5. The molecule has 0 saturated carbocycles. The van der Waals surface area contributed by atoms with Crippen molar-refractivity contribution in [3.63, 3.8) is 0 Å². The van der Waals surface area contributed by atoms with Crippen molar-refractivity contribution >= 4 is 17.8 Å². The largest absolute Gasteiger partial charge is 0.497 e. The standard InChI is InChI=1S/C25H20O6/c1-3-29-21-7-5-4-6-17(21)14-23-24(26)20-13-12-19(15-22(20)31-23)30-25(27)16-8-10-18(28-2)11-9-16/h4-15H,3H2,1-2H3. The molecule has 31 heavy (non-hydrogen) atoms. The Balaban J connectivity index is 1.54. The minimum atomic E-state index is -0.520. The molecule has 6 nitrogen and oxygen atoms in total. The molecular weight excluding hydrogens is 396 g/mol. The summed E-state index contributed by atoms with van der Waals surface area (Å²) < 4.78 is 21.9. The van der Waals surface area contributed by atoms with E-state index in [0.717, 1.165) is 5.56 Å². The van der Waals surface area contributed by atoms with Gasteiger partial charge in [-0.05, 0) is 55.5 Å². The Labute approximate surface area is 179 Å². The lowest BCUT2D eigenvalue weighted by atomic mass is 10.1. The highest BCUT2D eigenvalue weighted by Crippen LogP contribution is 2.36. The number of rotatable bonds is 6. The number of benzene rings is 3. The molecule has 0 amide bonds. The Hall–Kier alpha value is -4.06. The molecule has 1 heterocycles. The van der Waals surface area contributed by atoms with E-state index in [0.29, 0.717) is 35.0 Å². The Morgan fingerprint density at radius 3 is 2.48 bits per heavy atom. The topological polar surface area (TPSA) is 71.1 Å². The van der Waals surface area contributed by atoms with E-state index < -0.39 is 5.97 Å². The lowest BCUT2D eigenvalue weighted by Crippen LogP contribution is -2.08. The number of allylic oxidation sites excluding steroid dienone is 1. The average molecular weight is 416 g/mol. The molecule has 0 radical (unpaired) electrons. The van der Waals surface area contributed by atoms with E-state index in [2.05, 4.69) is 0 Å². The van der Waals surface area contributed by atoms with Crippen molar-refractivity contribution in [1.29, 1.82) is 0 Å². The maximum atomic E-state index is 12.7. The number of methoxy groups -OCH3 is 1. The highest BCUT2D eigenvalue weighted by atomic mass is 16.5. The lowest BCUT2D eigenvalue weighted by molar-refractivity contribution is 0.0734. The Morgan fingerprint density at radius 2 is 1.74 bits per heavy atom. The maximum absolute atomic E-state index is 12.7. The zero-order valence-electron chi connectivity index (χ0n) is 17.1. The van der Waals surface area contributed by atoms with Crippen LogP contribution in [0.2, 0.25) is 0 Å².